The largest absolute Gasteiger partial charge is 0.456 e. The quantitative estimate of drug-likeness (QED) is 0.227. The van der Waals surface area contributed by atoms with Crippen LogP contribution in [0.5, 0.6) is 0 Å². The number of aliphatic hydroxyl groups is 1. The molecule has 0 saturated carbocycles. The number of fused-ring (bicyclic) bond motifs is 2. The predicted octanol–water partition coefficient (Wildman–Crippen LogP) is 4.40. The van der Waals surface area contributed by atoms with Crippen molar-refractivity contribution in [1.29, 1.82) is 0 Å². The van der Waals surface area contributed by atoms with E-state index in [2.05, 4.69) is 4.98 Å². The van der Waals surface area contributed by atoms with Crippen molar-refractivity contribution in [1.82, 2.24) is 24.9 Å². The number of hydrogen-bond acceptors (Lipinski definition) is 13. The summed E-state index contributed by atoms with van der Waals surface area (Å²) in [6.07, 6.45) is -3.70. The molecule has 2 unspecified atom stereocenters. The Bertz CT molecular complexity index is 1730. The smallest absolute Gasteiger partial charge is 0.425 e. The number of carbonyl (C=O) groups excluding carboxylic acids is 3. The molecule has 4 N–H and O–H groups in total. The number of amides is 1. The first-order valence-electron chi connectivity index (χ1n) is 20.7. The number of aromatic amines is 1. The van der Waals surface area contributed by atoms with Gasteiger partial charge in [-0.25, -0.2) is 29.0 Å². The minimum Gasteiger partial charge on any atom is -0.456 e. The number of hydrazine groups is 1. The number of imidazole rings is 1. The van der Waals surface area contributed by atoms with Crippen LogP contribution in [0, 0.1) is 17.8 Å². The van der Waals surface area contributed by atoms with Crippen molar-refractivity contribution < 1.29 is 47.6 Å². The van der Waals surface area contributed by atoms with Gasteiger partial charge in [-0.1, -0.05) is 39.8 Å². The number of methoxy groups -OCH3 is 1. The molecule has 2 aromatic rings. The molecule has 3 aliphatic rings. The van der Waals surface area contributed by atoms with Crippen LogP contribution in [0.25, 0.3) is 11.0 Å². The van der Waals surface area contributed by atoms with E-state index >= 15 is 4.39 Å². The van der Waals surface area contributed by atoms with Crippen LogP contribution in [0.15, 0.2) is 24.3 Å². The number of ether oxygens (including phenoxy) is 5. The van der Waals surface area contributed by atoms with Crippen LogP contribution in [0.3, 0.4) is 0 Å². The summed E-state index contributed by atoms with van der Waals surface area (Å²) in [5, 5.41) is 14.9. The number of halogens is 1. The highest BCUT2D eigenvalue weighted by Gasteiger charge is 2.62. The summed E-state index contributed by atoms with van der Waals surface area (Å²) < 4.78 is 47.7. The number of H-pyrrole nitrogens is 1. The Hall–Kier alpha value is -3.25. The molecule has 58 heavy (non-hydrogen) atoms. The van der Waals surface area contributed by atoms with Gasteiger partial charge >= 0.3 is 12.1 Å². The van der Waals surface area contributed by atoms with Crippen LogP contribution in [0.4, 0.5) is 9.18 Å². The van der Waals surface area contributed by atoms with Crippen molar-refractivity contribution in [3.8, 4) is 0 Å². The lowest BCUT2D eigenvalue weighted by Gasteiger charge is -2.48. The van der Waals surface area contributed by atoms with Gasteiger partial charge in [-0.05, 0) is 91.9 Å². The molecule has 4 heterocycles. The van der Waals surface area contributed by atoms with Gasteiger partial charge in [0.1, 0.15) is 18.0 Å². The zero-order chi connectivity index (χ0) is 43.1. The van der Waals surface area contributed by atoms with Gasteiger partial charge in [-0.3, -0.25) is 4.79 Å². The molecule has 0 radical (unpaired) electrons. The number of benzene rings is 1. The predicted molar refractivity (Wildman–Crippen MR) is 215 cm³/mol. The van der Waals surface area contributed by atoms with Crippen molar-refractivity contribution in [2.75, 3.05) is 34.3 Å². The Morgan fingerprint density at radius 1 is 1.10 bits per heavy atom. The normalized spacial score (nSPS) is 39.5. The number of nitrogens with one attached hydrogen (secondary N) is 1. The van der Waals surface area contributed by atoms with Gasteiger partial charge in [-0.15, -0.1) is 0 Å². The van der Waals surface area contributed by atoms with Gasteiger partial charge < -0.3 is 44.4 Å². The molecule has 326 valence electrons. The van der Waals surface area contributed by atoms with Crippen LogP contribution in [-0.2, 0) is 39.7 Å². The number of ketones is 1. The van der Waals surface area contributed by atoms with Gasteiger partial charge in [0.25, 0.3) is 5.67 Å². The van der Waals surface area contributed by atoms with Crippen LogP contribution >= 0.6 is 0 Å². The molecule has 15 nitrogen and oxygen atoms in total. The number of alkyl halides is 1. The van der Waals surface area contributed by atoms with Crippen molar-refractivity contribution in [2.24, 2.45) is 23.5 Å². The Kier molecular flexibility index (Phi) is 14.0. The maximum Gasteiger partial charge on any atom is 0.425 e. The lowest BCUT2D eigenvalue weighted by atomic mass is 9.72. The van der Waals surface area contributed by atoms with Crippen LogP contribution < -0.4 is 5.73 Å². The minimum absolute atomic E-state index is 0.211. The van der Waals surface area contributed by atoms with Crippen molar-refractivity contribution in [3.05, 3.63) is 30.1 Å². The summed E-state index contributed by atoms with van der Waals surface area (Å²) in [7, 11) is 5.16. The van der Waals surface area contributed by atoms with Crippen LogP contribution in [0.1, 0.15) is 87.4 Å². The standard InChI is InChI=1S/C42H67FN6O9/c1-13-48(20-16-19-31-45-28-17-14-15-18-29(28)46-31)49-34-25(4)32(44)23(2)22-40(7,54-12)36(57-37-33(50)30(47(10)11)21-24(3)55-37)26(5)35(51)41(8,43)38(52)56-27(6)42(34,9)58-39(49)53/h14-15,17-18,23-27,30,32-34,36-37,50H,13,16,19-22,44H2,1-12H3,(H,45,46)/t23-,24-,25+,26+,27-,30+,32?,33-,34-,36-,37+,40+,41?,42-/m1/s1. The molecule has 0 aliphatic carbocycles. The van der Waals surface area contributed by atoms with E-state index in [1.54, 1.807) is 18.9 Å². The van der Waals surface area contributed by atoms with Crippen LogP contribution in [0.2, 0.25) is 0 Å². The number of Topliss-reactive ketones (excluding diaryl/α,β-unsaturated/α-hetero) is 1. The van der Waals surface area contributed by atoms with Crippen LogP contribution in [-0.4, -0.2) is 148 Å². The molecular formula is C42H67FN6O9. The fraction of sp³-hybridized carbons (Fsp3) is 0.762. The van der Waals surface area contributed by atoms with E-state index in [0.717, 1.165) is 23.8 Å². The van der Waals surface area contributed by atoms with Crippen molar-refractivity contribution in [3.63, 3.8) is 0 Å². The average Bonchev–Trinajstić information content (AvgIpc) is 3.71. The lowest BCUT2D eigenvalue weighted by Crippen LogP contribution is -2.64. The number of hydrogen-bond donors (Lipinski definition) is 3. The third kappa shape index (κ3) is 8.79. The minimum atomic E-state index is -3.15. The third-order valence-electron chi connectivity index (χ3n) is 13.2. The summed E-state index contributed by atoms with van der Waals surface area (Å²) in [4.78, 5) is 52.2. The molecule has 3 aliphatic heterocycles. The van der Waals surface area contributed by atoms with Gasteiger partial charge in [0.05, 0.1) is 34.9 Å². The van der Waals surface area contributed by atoms with Gasteiger partial charge in [0, 0.05) is 44.6 Å². The Labute approximate surface area is 342 Å². The number of cyclic esters (lactones) is 1. The van der Waals surface area contributed by atoms with E-state index in [1.165, 1.54) is 21.0 Å². The van der Waals surface area contributed by atoms with E-state index < -0.39 is 83.2 Å². The summed E-state index contributed by atoms with van der Waals surface area (Å²) in [5.41, 5.74) is 3.04. The number of esters is 1. The topological polar surface area (TPSA) is 182 Å². The molecule has 1 aromatic carbocycles. The van der Waals surface area contributed by atoms with E-state index in [-0.39, 0.29) is 24.5 Å². The number of aryl methyl sites for hydroxylation is 1. The summed E-state index contributed by atoms with van der Waals surface area (Å²) in [6.45, 7) is 15.9. The third-order valence-corrected chi connectivity index (χ3v) is 13.2. The molecule has 1 aromatic heterocycles. The maximum absolute atomic E-state index is 16.9. The highest BCUT2D eigenvalue weighted by atomic mass is 19.1. The highest BCUT2D eigenvalue weighted by Crippen LogP contribution is 2.44. The van der Waals surface area contributed by atoms with Gasteiger partial charge in [0.2, 0.25) is 0 Å². The molecule has 0 bridgehead atoms. The summed E-state index contributed by atoms with van der Waals surface area (Å²) in [5.74, 6) is -3.83. The molecule has 5 rings (SSSR count). The highest BCUT2D eigenvalue weighted by molar-refractivity contribution is 6.07. The Morgan fingerprint density at radius 3 is 2.40 bits per heavy atom. The van der Waals surface area contributed by atoms with Crippen molar-refractivity contribution in [2.45, 2.75) is 154 Å². The fourth-order valence-corrected chi connectivity index (χ4v) is 9.45. The number of likely N-dealkylation sites (N-methyl/N-ethyl adjacent to an activating group) is 1. The lowest BCUT2D eigenvalue weighted by molar-refractivity contribution is -0.296. The first-order valence-corrected chi connectivity index (χ1v) is 20.7. The number of para-hydroxylation sites is 2. The molecule has 3 fully saturated rings. The molecule has 14 atom stereocenters. The number of rotatable bonds is 10. The Balaban J connectivity index is 1.50. The van der Waals surface area contributed by atoms with Gasteiger partial charge in [0.15, 0.2) is 17.7 Å². The number of aromatic nitrogens is 2. The Morgan fingerprint density at radius 2 is 1.78 bits per heavy atom. The molecule has 16 heteroatoms. The summed E-state index contributed by atoms with van der Waals surface area (Å²) >= 11 is 0. The first-order chi connectivity index (χ1) is 27.1. The number of nitrogens with two attached hydrogens (primary N) is 1. The fourth-order valence-electron chi connectivity index (χ4n) is 9.45. The first kappa shape index (κ1) is 45.8. The number of aliphatic hydroxyl groups excluding tert-OH is 1. The maximum atomic E-state index is 16.9. The van der Waals surface area contributed by atoms with Gasteiger partial charge in [-0.2, -0.15) is 0 Å². The molecule has 1 amide bonds. The molecule has 0 spiro atoms. The van der Waals surface area contributed by atoms with Crippen molar-refractivity contribution >= 4 is 28.9 Å². The monoisotopic (exact) mass is 818 g/mol. The molecular weight excluding hydrogens is 751 g/mol. The van der Waals surface area contributed by atoms with E-state index in [9.17, 15) is 19.5 Å². The number of nitrogens with zero attached hydrogens (tertiary/aromatic N) is 4. The number of carbonyl (C=O) groups is 3. The zero-order valence-corrected chi connectivity index (χ0v) is 36.4. The second kappa shape index (κ2) is 17.8. The average molecular weight is 819 g/mol. The molecule has 3 saturated heterocycles. The second-order valence-corrected chi connectivity index (χ2v) is 17.7. The van der Waals surface area contributed by atoms with E-state index in [0.29, 0.717) is 32.4 Å². The summed E-state index contributed by atoms with van der Waals surface area (Å²) in [6, 6.07) is 6.08. The van der Waals surface area contributed by atoms with E-state index in [1.807, 2.05) is 76.0 Å². The SMILES string of the molecule is CCN(CCCc1nc2ccccc2[nH]1)N1C(=O)O[C@]2(C)[C@@H](C)OC(=O)C(C)(F)C(=O)[C@H](C)[C@@H](O[C@@H]3O[C@H](C)C[C@H](N(C)C)[C@H]3O)[C@@](C)(OC)C[C@@H](C)C(N)[C@H](C)[C@@H]12. The second-order valence-electron chi connectivity index (χ2n) is 17.7. The zero-order valence-electron chi connectivity index (χ0n) is 36.4. The van der Waals surface area contributed by atoms with E-state index in [4.69, 9.17) is 34.4 Å².